The van der Waals surface area contributed by atoms with Crippen LogP contribution in [-0.2, 0) is 19.7 Å². The van der Waals surface area contributed by atoms with Crippen molar-refractivity contribution in [1.82, 2.24) is 24.9 Å². The Hall–Kier alpha value is -3.36. The minimum absolute atomic E-state index is 0.0263. The largest absolute Gasteiger partial charge is 0.486 e. The third kappa shape index (κ3) is 3.62. The van der Waals surface area contributed by atoms with E-state index in [1.54, 1.807) is 29.2 Å². The molecular weight excluding hydrogens is 356 g/mol. The van der Waals surface area contributed by atoms with Gasteiger partial charge in [0.1, 0.15) is 29.7 Å². The van der Waals surface area contributed by atoms with E-state index < -0.39 is 17.5 Å². The van der Waals surface area contributed by atoms with Crippen molar-refractivity contribution >= 4 is 5.91 Å². The lowest BCUT2D eigenvalue weighted by Crippen LogP contribution is -2.39. The zero-order chi connectivity index (χ0) is 18.8. The van der Waals surface area contributed by atoms with Crippen LogP contribution >= 0.6 is 0 Å². The number of fused-ring (bicyclic) bond motifs is 1. The molecule has 27 heavy (non-hydrogen) atoms. The smallest absolute Gasteiger partial charge is 0.254 e. The summed E-state index contributed by atoms with van der Waals surface area (Å²) in [6, 6.07) is 6.33. The normalized spacial score (nSPS) is 13.3. The van der Waals surface area contributed by atoms with Crippen LogP contribution in [0.25, 0.3) is 0 Å². The maximum atomic E-state index is 13.4. The van der Waals surface area contributed by atoms with Crippen LogP contribution in [0.2, 0.25) is 0 Å². The molecule has 3 aromatic rings. The summed E-state index contributed by atoms with van der Waals surface area (Å²) in [7, 11) is 0. The number of rotatable bonds is 4. The maximum Gasteiger partial charge on any atom is 0.254 e. The van der Waals surface area contributed by atoms with E-state index in [0.29, 0.717) is 24.5 Å². The highest BCUT2D eigenvalue weighted by atomic mass is 19.1. The average molecular weight is 371 g/mol. The number of halogens is 2. The number of ether oxygens (including phenoxy) is 1. The average Bonchev–Trinajstić information content (AvgIpc) is 3.08. The molecule has 0 bridgehead atoms. The van der Waals surface area contributed by atoms with Crippen LogP contribution in [0.3, 0.4) is 0 Å². The van der Waals surface area contributed by atoms with Crippen molar-refractivity contribution < 1.29 is 18.3 Å². The van der Waals surface area contributed by atoms with Crippen LogP contribution in [0.4, 0.5) is 8.78 Å². The van der Waals surface area contributed by atoms with Crippen LogP contribution in [0.15, 0.2) is 42.7 Å². The predicted molar refractivity (Wildman–Crippen MR) is 89.7 cm³/mol. The molecule has 7 nitrogen and oxygen atoms in total. The van der Waals surface area contributed by atoms with E-state index in [2.05, 4.69) is 15.3 Å². The molecule has 0 saturated carbocycles. The molecule has 0 unspecified atom stereocenters. The van der Waals surface area contributed by atoms with Crippen LogP contribution in [-0.4, -0.2) is 37.3 Å². The second kappa shape index (κ2) is 7.10. The second-order valence-electron chi connectivity index (χ2n) is 6.07. The fourth-order valence-corrected chi connectivity index (χ4v) is 2.93. The van der Waals surface area contributed by atoms with Crippen molar-refractivity contribution in [3.8, 4) is 5.75 Å². The van der Waals surface area contributed by atoms with E-state index >= 15 is 0 Å². The Kier molecular flexibility index (Phi) is 4.49. The van der Waals surface area contributed by atoms with Crippen molar-refractivity contribution in [2.45, 2.75) is 19.7 Å². The van der Waals surface area contributed by atoms with Crippen molar-refractivity contribution in [2.75, 3.05) is 6.54 Å². The summed E-state index contributed by atoms with van der Waals surface area (Å²) in [6.07, 6.45) is 3.23. The lowest BCUT2D eigenvalue weighted by Gasteiger charge is -2.27. The van der Waals surface area contributed by atoms with Gasteiger partial charge in [-0.1, -0.05) is 5.21 Å². The van der Waals surface area contributed by atoms with Gasteiger partial charge in [-0.25, -0.2) is 13.5 Å². The molecule has 2 aromatic heterocycles. The molecule has 1 aliphatic heterocycles. The summed E-state index contributed by atoms with van der Waals surface area (Å²) in [4.78, 5) is 18.1. The highest BCUT2D eigenvalue weighted by molar-refractivity contribution is 5.94. The molecule has 3 heterocycles. The van der Waals surface area contributed by atoms with Gasteiger partial charge in [0.25, 0.3) is 5.91 Å². The summed E-state index contributed by atoms with van der Waals surface area (Å²) >= 11 is 0. The molecule has 0 aliphatic carbocycles. The Morgan fingerprint density at radius 2 is 2.00 bits per heavy atom. The maximum absolute atomic E-state index is 13.4. The van der Waals surface area contributed by atoms with Gasteiger partial charge >= 0.3 is 0 Å². The van der Waals surface area contributed by atoms with Crippen LogP contribution < -0.4 is 4.74 Å². The third-order valence-corrected chi connectivity index (χ3v) is 4.25. The number of amides is 1. The molecule has 9 heteroatoms. The molecule has 4 rings (SSSR count). The second-order valence-corrected chi connectivity index (χ2v) is 6.07. The van der Waals surface area contributed by atoms with Gasteiger partial charge in [-0.3, -0.25) is 9.78 Å². The Morgan fingerprint density at radius 1 is 1.19 bits per heavy atom. The van der Waals surface area contributed by atoms with Gasteiger partial charge in [0.15, 0.2) is 0 Å². The van der Waals surface area contributed by atoms with Crippen LogP contribution in [0.1, 0.15) is 21.7 Å². The quantitative estimate of drug-likeness (QED) is 0.703. The van der Waals surface area contributed by atoms with E-state index in [-0.39, 0.29) is 18.7 Å². The first-order valence-corrected chi connectivity index (χ1v) is 8.29. The molecule has 1 aliphatic rings. The minimum Gasteiger partial charge on any atom is -0.486 e. The first-order valence-electron chi connectivity index (χ1n) is 8.29. The van der Waals surface area contributed by atoms with Gasteiger partial charge in [-0.05, 0) is 24.3 Å². The molecule has 0 saturated heterocycles. The molecule has 1 aromatic carbocycles. The lowest BCUT2D eigenvalue weighted by atomic mass is 10.1. The van der Waals surface area contributed by atoms with E-state index in [4.69, 9.17) is 4.74 Å². The number of aromatic nitrogens is 4. The van der Waals surface area contributed by atoms with Crippen molar-refractivity contribution in [3.63, 3.8) is 0 Å². The third-order valence-electron chi connectivity index (χ3n) is 4.25. The zero-order valence-corrected chi connectivity index (χ0v) is 14.2. The van der Waals surface area contributed by atoms with Gasteiger partial charge in [0.2, 0.25) is 0 Å². The number of hydrogen-bond acceptors (Lipinski definition) is 5. The van der Waals surface area contributed by atoms with Crippen LogP contribution in [0, 0.1) is 11.6 Å². The number of carbonyl (C=O) groups is 1. The first kappa shape index (κ1) is 17.1. The fourth-order valence-electron chi connectivity index (χ4n) is 2.93. The van der Waals surface area contributed by atoms with Crippen molar-refractivity contribution in [3.05, 3.63) is 71.3 Å². The summed E-state index contributed by atoms with van der Waals surface area (Å²) < 4.78 is 34.2. The highest BCUT2D eigenvalue weighted by Gasteiger charge is 2.26. The molecule has 0 N–H and O–H groups in total. The van der Waals surface area contributed by atoms with E-state index in [1.807, 2.05) is 0 Å². The Morgan fingerprint density at radius 3 is 2.74 bits per heavy atom. The van der Waals surface area contributed by atoms with Crippen molar-refractivity contribution in [1.29, 1.82) is 0 Å². The van der Waals surface area contributed by atoms with Gasteiger partial charge in [0, 0.05) is 24.4 Å². The fraction of sp³-hybridized carbons (Fsp3) is 0.222. The van der Waals surface area contributed by atoms with Gasteiger partial charge < -0.3 is 9.64 Å². The highest BCUT2D eigenvalue weighted by Crippen LogP contribution is 2.19. The van der Waals surface area contributed by atoms with E-state index in [0.717, 1.165) is 23.9 Å². The molecule has 1 amide bonds. The van der Waals surface area contributed by atoms with Crippen molar-refractivity contribution in [2.24, 2.45) is 0 Å². The summed E-state index contributed by atoms with van der Waals surface area (Å²) in [5.74, 6) is -1.42. The molecule has 0 radical (unpaired) electrons. The number of nitrogens with zero attached hydrogens (tertiary/aromatic N) is 5. The lowest BCUT2D eigenvalue weighted by molar-refractivity contribution is 0.0703. The standard InChI is InChI=1S/C18H15F2N5O2/c19-13-6-12(7-14(20)8-13)18(26)24-4-5-25-17(10-24)16(22-23-25)11-27-15-2-1-3-21-9-15/h1-3,6-9H,4-5,10-11H2. The SMILES string of the molecule is O=C(c1cc(F)cc(F)c1)N1CCn2nnc(COc3cccnc3)c2C1. The molecule has 0 spiro atoms. The molecule has 0 fully saturated rings. The summed E-state index contributed by atoms with van der Waals surface area (Å²) in [5.41, 5.74) is 1.30. The predicted octanol–water partition coefficient (Wildman–Crippen LogP) is 2.19. The zero-order valence-electron chi connectivity index (χ0n) is 14.2. The summed E-state index contributed by atoms with van der Waals surface area (Å²) in [6.45, 7) is 1.22. The Labute approximate surface area is 153 Å². The minimum atomic E-state index is -0.785. The van der Waals surface area contributed by atoms with E-state index in [9.17, 15) is 13.6 Å². The first-order chi connectivity index (χ1) is 13.1. The number of benzene rings is 1. The Bertz CT molecular complexity index is 957. The van der Waals surface area contributed by atoms with Gasteiger partial charge in [-0.2, -0.15) is 0 Å². The number of hydrogen-bond donors (Lipinski definition) is 0. The van der Waals surface area contributed by atoms with Crippen LogP contribution in [0.5, 0.6) is 5.75 Å². The summed E-state index contributed by atoms with van der Waals surface area (Å²) in [5, 5.41) is 8.19. The van der Waals surface area contributed by atoms with Gasteiger partial charge in [0.05, 0.1) is 25.0 Å². The molecule has 138 valence electrons. The molecular formula is C18H15F2N5O2. The topological polar surface area (TPSA) is 73.1 Å². The Balaban J connectivity index is 1.50. The number of pyridine rings is 1. The van der Waals surface area contributed by atoms with E-state index in [1.165, 1.54) is 4.90 Å². The van der Waals surface area contributed by atoms with Gasteiger partial charge in [-0.15, -0.1) is 5.10 Å². The molecule has 0 atom stereocenters. The number of carbonyl (C=O) groups excluding carboxylic acids is 1. The monoisotopic (exact) mass is 371 g/mol.